The van der Waals surface area contributed by atoms with E-state index in [1.807, 2.05) is 17.7 Å². The smallest absolute Gasteiger partial charge is 0.163 e. The van der Waals surface area contributed by atoms with Crippen LogP contribution in [0, 0.1) is 18.6 Å². The minimum absolute atomic E-state index is 0.196. The molecule has 0 aliphatic carbocycles. The number of halogens is 2. The minimum atomic E-state index is -0.861. The van der Waals surface area contributed by atoms with Crippen LogP contribution in [0.5, 0.6) is 0 Å². The van der Waals surface area contributed by atoms with Crippen molar-refractivity contribution in [3.8, 4) is 0 Å². The lowest BCUT2D eigenvalue weighted by atomic mass is 9.99. The molecule has 0 spiro atoms. The molecule has 0 saturated carbocycles. The van der Waals surface area contributed by atoms with Crippen molar-refractivity contribution in [3.63, 3.8) is 0 Å². The number of nitrogens with two attached hydrogens (primary N) is 1. The van der Waals surface area contributed by atoms with Crippen molar-refractivity contribution >= 4 is 11.3 Å². The van der Waals surface area contributed by atoms with Crippen molar-refractivity contribution < 1.29 is 8.78 Å². The van der Waals surface area contributed by atoms with E-state index in [1.54, 1.807) is 0 Å². The van der Waals surface area contributed by atoms with Gasteiger partial charge in [-0.25, -0.2) is 8.78 Å². The standard InChI is InChI=1S/C12H11F2NS/c1-7-5-16-6-9(7)12(15)8-3-2-4-10(13)11(8)14/h2-6,12H,15H2,1H3. The first kappa shape index (κ1) is 11.2. The maximum Gasteiger partial charge on any atom is 0.163 e. The highest BCUT2D eigenvalue weighted by molar-refractivity contribution is 7.08. The summed E-state index contributed by atoms with van der Waals surface area (Å²) in [5.74, 6) is -1.72. The summed E-state index contributed by atoms with van der Waals surface area (Å²) in [5.41, 5.74) is 7.97. The molecule has 0 amide bonds. The van der Waals surface area contributed by atoms with Crippen LogP contribution >= 0.6 is 11.3 Å². The second-order valence-electron chi connectivity index (χ2n) is 3.63. The van der Waals surface area contributed by atoms with Crippen LogP contribution in [0.2, 0.25) is 0 Å². The van der Waals surface area contributed by atoms with Crippen molar-refractivity contribution in [2.45, 2.75) is 13.0 Å². The second-order valence-corrected chi connectivity index (χ2v) is 4.37. The zero-order valence-electron chi connectivity index (χ0n) is 8.71. The van der Waals surface area contributed by atoms with Gasteiger partial charge in [0, 0.05) is 5.56 Å². The molecular weight excluding hydrogens is 228 g/mol. The molecule has 0 aliphatic heterocycles. The summed E-state index contributed by atoms with van der Waals surface area (Å²) in [5, 5.41) is 3.80. The van der Waals surface area contributed by atoms with Gasteiger partial charge in [0.25, 0.3) is 0 Å². The Bertz CT molecular complexity index is 507. The fourth-order valence-electron chi connectivity index (χ4n) is 1.62. The van der Waals surface area contributed by atoms with Gasteiger partial charge in [-0.15, -0.1) is 0 Å². The van der Waals surface area contributed by atoms with Gasteiger partial charge in [0.15, 0.2) is 11.6 Å². The Labute approximate surface area is 96.5 Å². The summed E-state index contributed by atoms with van der Waals surface area (Å²) in [7, 11) is 0. The molecule has 4 heteroatoms. The summed E-state index contributed by atoms with van der Waals surface area (Å²) >= 11 is 1.50. The molecule has 1 heterocycles. The number of rotatable bonds is 2. The van der Waals surface area contributed by atoms with Crippen LogP contribution in [0.15, 0.2) is 29.0 Å². The first-order valence-corrected chi connectivity index (χ1v) is 5.77. The van der Waals surface area contributed by atoms with Crippen LogP contribution < -0.4 is 5.73 Å². The fraction of sp³-hybridized carbons (Fsp3) is 0.167. The van der Waals surface area contributed by atoms with E-state index in [0.717, 1.165) is 17.2 Å². The number of hydrogen-bond donors (Lipinski definition) is 1. The lowest BCUT2D eigenvalue weighted by Crippen LogP contribution is -2.14. The van der Waals surface area contributed by atoms with Crippen LogP contribution in [0.25, 0.3) is 0 Å². The van der Waals surface area contributed by atoms with Crippen LogP contribution in [0.4, 0.5) is 8.78 Å². The topological polar surface area (TPSA) is 26.0 Å². The second kappa shape index (κ2) is 4.31. The normalized spacial score (nSPS) is 12.8. The highest BCUT2D eigenvalue weighted by Gasteiger charge is 2.18. The molecule has 16 heavy (non-hydrogen) atoms. The van der Waals surface area contributed by atoms with Crippen molar-refractivity contribution in [1.29, 1.82) is 0 Å². The average molecular weight is 239 g/mol. The lowest BCUT2D eigenvalue weighted by molar-refractivity contribution is 0.494. The number of benzene rings is 1. The molecule has 0 bridgehead atoms. The number of hydrogen-bond acceptors (Lipinski definition) is 2. The van der Waals surface area contributed by atoms with E-state index in [1.165, 1.54) is 23.5 Å². The Morgan fingerprint density at radius 3 is 2.56 bits per heavy atom. The van der Waals surface area contributed by atoms with Crippen LogP contribution in [-0.2, 0) is 0 Å². The third kappa shape index (κ3) is 1.86. The molecule has 0 fully saturated rings. The van der Waals surface area contributed by atoms with Gasteiger partial charge in [-0.05, 0) is 34.9 Å². The molecule has 1 atom stereocenters. The number of thiophene rings is 1. The molecule has 0 aliphatic rings. The Balaban J connectivity index is 2.46. The maximum atomic E-state index is 13.5. The molecule has 1 nitrogen and oxygen atoms in total. The number of aryl methyl sites for hydroxylation is 1. The van der Waals surface area contributed by atoms with Crippen LogP contribution in [0.3, 0.4) is 0 Å². The van der Waals surface area contributed by atoms with Gasteiger partial charge in [0.1, 0.15) is 0 Å². The Hall–Kier alpha value is -1.26. The van der Waals surface area contributed by atoms with E-state index in [4.69, 9.17) is 5.73 Å². The largest absolute Gasteiger partial charge is 0.320 e. The summed E-state index contributed by atoms with van der Waals surface area (Å²) in [6.45, 7) is 1.91. The summed E-state index contributed by atoms with van der Waals surface area (Å²) in [6.07, 6.45) is 0. The molecule has 0 radical (unpaired) electrons. The monoisotopic (exact) mass is 239 g/mol. The predicted octanol–water partition coefficient (Wildman–Crippen LogP) is 3.38. The highest BCUT2D eigenvalue weighted by Crippen LogP contribution is 2.27. The Morgan fingerprint density at radius 2 is 1.94 bits per heavy atom. The van der Waals surface area contributed by atoms with Crippen molar-refractivity contribution in [3.05, 3.63) is 57.3 Å². The van der Waals surface area contributed by atoms with E-state index in [-0.39, 0.29) is 5.56 Å². The Morgan fingerprint density at radius 1 is 1.19 bits per heavy atom. The van der Waals surface area contributed by atoms with Gasteiger partial charge < -0.3 is 5.73 Å². The highest BCUT2D eigenvalue weighted by atomic mass is 32.1. The zero-order valence-corrected chi connectivity index (χ0v) is 9.52. The van der Waals surface area contributed by atoms with Gasteiger partial charge in [-0.3, -0.25) is 0 Å². The molecule has 2 rings (SSSR count). The van der Waals surface area contributed by atoms with Crippen LogP contribution in [0.1, 0.15) is 22.7 Å². The van der Waals surface area contributed by atoms with Gasteiger partial charge in [0.05, 0.1) is 6.04 Å². The molecule has 2 aromatic rings. The quantitative estimate of drug-likeness (QED) is 0.854. The van der Waals surface area contributed by atoms with E-state index < -0.39 is 17.7 Å². The first-order chi connectivity index (χ1) is 7.61. The van der Waals surface area contributed by atoms with Crippen molar-refractivity contribution in [1.82, 2.24) is 0 Å². The summed E-state index contributed by atoms with van der Waals surface area (Å²) in [6, 6.07) is 3.46. The van der Waals surface area contributed by atoms with E-state index in [9.17, 15) is 8.78 Å². The Kier molecular flexibility index (Phi) is 3.03. The van der Waals surface area contributed by atoms with Crippen LogP contribution in [-0.4, -0.2) is 0 Å². The van der Waals surface area contributed by atoms with Gasteiger partial charge in [-0.2, -0.15) is 11.3 Å². The third-order valence-corrected chi connectivity index (χ3v) is 3.43. The SMILES string of the molecule is Cc1cscc1C(N)c1cccc(F)c1F. The zero-order chi connectivity index (χ0) is 11.7. The summed E-state index contributed by atoms with van der Waals surface area (Å²) in [4.78, 5) is 0. The average Bonchev–Trinajstić information content (AvgIpc) is 2.68. The predicted molar refractivity (Wildman–Crippen MR) is 61.4 cm³/mol. The van der Waals surface area contributed by atoms with Crippen molar-refractivity contribution in [2.75, 3.05) is 0 Å². The van der Waals surface area contributed by atoms with E-state index in [0.29, 0.717) is 0 Å². The van der Waals surface area contributed by atoms with Gasteiger partial charge in [0.2, 0.25) is 0 Å². The summed E-state index contributed by atoms with van der Waals surface area (Å²) < 4.78 is 26.6. The molecule has 84 valence electrons. The molecule has 1 unspecified atom stereocenters. The minimum Gasteiger partial charge on any atom is -0.320 e. The molecule has 1 aromatic carbocycles. The fourth-order valence-corrected chi connectivity index (χ4v) is 2.50. The molecule has 1 aromatic heterocycles. The van der Waals surface area contributed by atoms with E-state index in [2.05, 4.69) is 0 Å². The van der Waals surface area contributed by atoms with Gasteiger partial charge in [-0.1, -0.05) is 12.1 Å². The maximum absolute atomic E-state index is 13.5. The first-order valence-electron chi connectivity index (χ1n) is 4.83. The van der Waals surface area contributed by atoms with E-state index >= 15 is 0 Å². The van der Waals surface area contributed by atoms with Crippen molar-refractivity contribution in [2.24, 2.45) is 5.73 Å². The van der Waals surface area contributed by atoms with Gasteiger partial charge >= 0.3 is 0 Å². The third-order valence-electron chi connectivity index (χ3n) is 2.55. The molecular formula is C12H11F2NS. The lowest BCUT2D eigenvalue weighted by Gasteiger charge is -2.13. The molecule has 0 saturated heterocycles. The molecule has 2 N–H and O–H groups in total.